The smallest absolute Gasteiger partial charge is 0.261 e. The Morgan fingerprint density at radius 3 is 2.96 bits per heavy atom. The van der Waals surface area contributed by atoms with Gasteiger partial charge in [-0.3, -0.25) is 9.48 Å². The van der Waals surface area contributed by atoms with Gasteiger partial charge < -0.3 is 14.4 Å². The lowest BCUT2D eigenvalue weighted by Gasteiger charge is -2.29. The Balaban J connectivity index is 1.71. The highest BCUT2D eigenvalue weighted by Gasteiger charge is 2.28. The van der Waals surface area contributed by atoms with E-state index in [9.17, 15) is 4.79 Å². The second-order valence-corrected chi connectivity index (χ2v) is 6.02. The van der Waals surface area contributed by atoms with E-state index in [4.69, 9.17) is 9.47 Å². The number of hydrogen-bond acceptors (Lipinski definition) is 4. The van der Waals surface area contributed by atoms with Crippen molar-refractivity contribution >= 4 is 5.91 Å². The first-order valence-corrected chi connectivity index (χ1v) is 8.16. The minimum Gasteiger partial charge on any atom is -0.484 e. The lowest BCUT2D eigenvalue weighted by molar-refractivity contribution is -0.137. The summed E-state index contributed by atoms with van der Waals surface area (Å²) in [4.78, 5) is 14.6. The maximum Gasteiger partial charge on any atom is 0.261 e. The lowest BCUT2D eigenvalue weighted by atomic mass is 10.2. The van der Waals surface area contributed by atoms with Crippen LogP contribution in [0.4, 0.5) is 0 Å². The van der Waals surface area contributed by atoms with Gasteiger partial charge in [-0.15, -0.1) is 0 Å². The first-order chi connectivity index (χ1) is 11.7. The molecule has 0 aliphatic carbocycles. The van der Waals surface area contributed by atoms with Gasteiger partial charge >= 0.3 is 0 Å². The second-order valence-electron chi connectivity index (χ2n) is 6.02. The summed E-state index contributed by atoms with van der Waals surface area (Å²) in [7, 11) is 1.66. The van der Waals surface area contributed by atoms with Gasteiger partial charge in [0.25, 0.3) is 5.91 Å². The maximum absolute atomic E-state index is 12.8. The molecule has 0 bridgehead atoms. The molecule has 0 fully saturated rings. The van der Waals surface area contributed by atoms with Gasteiger partial charge in [0.2, 0.25) is 0 Å². The molecule has 1 aromatic carbocycles. The lowest BCUT2D eigenvalue weighted by Crippen LogP contribution is -2.44. The number of para-hydroxylation sites is 1. The second kappa shape index (κ2) is 7.49. The zero-order chi connectivity index (χ0) is 16.9. The molecule has 6 nitrogen and oxygen atoms in total. The molecule has 3 rings (SSSR count). The molecular weight excluding hydrogens is 306 g/mol. The number of amides is 1. The summed E-state index contributed by atoms with van der Waals surface area (Å²) in [5.74, 6) is 0.712. The van der Waals surface area contributed by atoms with Crippen LogP contribution in [0.5, 0.6) is 5.75 Å². The average molecular weight is 329 g/mol. The van der Waals surface area contributed by atoms with Gasteiger partial charge in [-0.1, -0.05) is 18.2 Å². The Kier molecular flexibility index (Phi) is 5.15. The summed E-state index contributed by atoms with van der Waals surface area (Å²) in [6.07, 6.45) is 2.59. The first-order valence-electron chi connectivity index (χ1n) is 8.16. The Hall–Kier alpha value is -2.34. The monoisotopic (exact) mass is 329 g/mol. The molecule has 0 saturated carbocycles. The van der Waals surface area contributed by atoms with E-state index in [0.717, 1.165) is 30.0 Å². The van der Waals surface area contributed by atoms with E-state index in [0.29, 0.717) is 13.2 Å². The molecule has 0 spiro atoms. The van der Waals surface area contributed by atoms with Crippen LogP contribution in [0.25, 0.3) is 0 Å². The van der Waals surface area contributed by atoms with E-state index in [1.165, 1.54) is 0 Å². The number of carbonyl (C=O) groups is 1. The van der Waals surface area contributed by atoms with Crippen LogP contribution in [-0.2, 0) is 22.6 Å². The van der Waals surface area contributed by atoms with Gasteiger partial charge in [0.1, 0.15) is 5.75 Å². The first kappa shape index (κ1) is 16.5. The number of rotatable bonds is 5. The summed E-state index contributed by atoms with van der Waals surface area (Å²) < 4.78 is 13.0. The number of hydrogen-bond donors (Lipinski definition) is 0. The van der Waals surface area contributed by atoms with Crippen molar-refractivity contribution in [1.29, 1.82) is 0 Å². The Bertz CT molecular complexity index is 698. The molecule has 2 aromatic rings. The number of nitrogens with zero attached hydrogens (tertiary/aromatic N) is 3. The van der Waals surface area contributed by atoms with Crippen molar-refractivity contribution < 1.29 is 14.3 Å². The predicted octanol–water partition coefficient (Wildman–Crippen LogP) is 2.02. The third-order valence-corrected chi connectivity index (χ3v) is 4.38. The fourth-order valence-corrected chi connectivity index (χ4v) is 3.02. The molecule has 1 unspecified atom stereocenters. The van der Waals surface area contributed by atoms with Crippen LogP contribution in [0.2, 0.25) is 0 Å². The fraction of sp³-hybridized carbons (Fsp3) is 0.444. The van der Waals surface area contributed by atoms with Gasteiger partial charge in [-0.25, -0.2) is 0 Å². The quantitative estimate of drug-likeness (QED) is 0.842. The van der Waals surface area contributed by atoms with Gasteiger partial charge in [0, 0.05) is 19.9 Å². The van der Waals surface area contributed by atoms with Crippen molar-refractivity contribution in [3.05, 3.63) is 47.8 Å². The van der Waals surface area contributed by atoms with Crippen LogP contribution < -0.4 is 4.74 Å². The molecule has 0 N–H and O–H groups in total. The van der Waals surface area contributed by atoms with Crippen LogP contribution in [0.1, 0.15) is 17.7 Å². The minimum absolute atomic E-state index is 0.0270. The van der Waals surface area contributed by atoms with Crippen LogP contribution >= 0.6 is 0 Å². The number of aromatic nitrogens is 2. The number of carbonyl (C=O) groups excluding carboxylic acids is 1. The summed E-state index contributed by atoms with van der Waals surface area (Å²) in [5, 5.41) is 4.32. The molecule has 24 heavy (non-hydrogen) atoms. The molecule has 1 aliphatic heterocycles. The number of fused-ring (bicyclic) bond motifs is 1. The standard InChI is InChI=1S/C18H23N3O3/c1-14-5-3-4-6-17(14)24-13-18(22)20-11-15-7-9-19-21(15)10-8-16(20)12-23-2/h3-7,9,16H,8,10-13H2,1-2H3. The third kappa shape index (κ3) is 3.59. The highest BCUT2D eigenvalue weighted by molar-refractivity contribution is 5.78. The van der Waals surface area contributed by atoms with Crippen molar-refractivity contribution in [2.24, 2.45) is 0 Å². The normalized spacial score (nSPS) is 17.2. The largest absolute Gasteiger partial charge is 0.484 e. The Morgan fingerprint density at radius 2 is 2.17 bits per heavy atom. The Morgan fingerprint density at radius 1 is 1.33 bits per heavy atom. The Labute approximate surface area is 142 Å². The van der Waals surface area contributed by atoms with Crippen LogP contribution in [-0.4, -0.2) is 47.0 Å². The van der Waals surface area contributed by atoms with Gasteiger partial charge in [-0.05, 0) is 31.0 Å². The third-order valence-electron chi connectivity index (χ3n) is 4.38. The summed E-state index contributed by atoms with van der Waals surface area (Å²) >= 11 is 0. The van der Waals surface area contributed by atoms with Crippen LogP contribution in [0.15, 0.2) is 36.5 Å². The zero-order valence-electron chi connectivity index (χ0n) is 14.1. The zero-order valence-corrected chi connectivity index (χ0v) is 14.1. The molecule has 128 valence electrons. The molecule has 1 atom stereocenters. The van der Waals surface area contributed by atoms with E-state index in [1.807, 2.05) is 46.8 Å². The summed E-state index contributed by atoms with van der Waals surface area (Å²) in [6, 6.07) is 9.70. The van der Waals surface area contributed by atoms with Crippen LogP contribution in [0.3, 0.4) is 0 Å². The number of benzene rings is 1. The highest BCUT2D eigenvalue weighted by atomic mass is 16.5. The van der Waals surface area contributed by atoms with Crippen molar-refractivity contribution in [1.82, 2.24) is 14.7 Å². The highest BCUT2D eigenvalue weighted by Crippen LogP contribution is 2.20. The van der Waals surface area contributed by atoms with Crippen molar-refractivity contribution in [2.45, 2.75) is 32.5 Å². The summed E-state index contributed by atoms with van der Waals surface area (Å²) in [5.41, 5.74) is 2.06. The van der Waals surface area contributed by atoms with Gasteiger partial charge in [0.15, 0.2) is 6.61 Å². The molecule has 0 saturated heterocycles. The van der Waals surface area contributed by atoms with E-state index in [1.54, 1.807) is 13.3 Å². The van der Waals surface area contributed by atoms with Crippen LogP contribution in [0, 0.1) is 6.92 Å². The number of aryl methyl sites for hydroxylation is 2. The number of ether oxygens (including phenoxy) is 2. The van der Waals surface area contributed by atoms with E-state index in [-0.39, 0.29) is 18.6 Å². The fourth-order valence-electron chi connectivity index (χ4n) is 3.02. The minimum atomic E-state index is -0.0325. The molecule has 6 heteroatoms. The van der Waals surface area contributed by atoms with Gasteiger partial charge in [0.05, 0.1) is 24.9 Å². The van der Waals surface area contributed by atoms with E-state index in [2.05, 4.69) is 5.10 Å². The van der Waals surface area contributed by atoms with Crippen molar-refractivity contribution in [3.63, 3.8) is 0 Å². The molecule has 1 amide bonds. The molecule has 0 radical (unpaired) electrons. The average Bonchev–Trinajstić information content (AvgIpc) is 2.96. The maximum atomic E-state index is 12.8. The van der Waals surface area contributed by atoms with Crippen molar-refractivity contribution in [2.75, 3.05) is 20.3 Å². The van der Waals surface area contributed by atoms with E-state index >= 15 is 0 Å². The van der Waals surface area contributed by atoms with Gasteiger partial charge in [-0.2, -0.15) is 5.10 Å². The van der Waals surface area contributed by atoms with Crippen molar-refractivity contribution in [3.8, 4) is 5.75 Å². The SMILES string of the molecule is COCC1CCn2nccc2CN1C(=O)COc1ccccc1C. The molecule has 1 aliphatic rings. The van der Waals surface area contributed by atoms with E-state index < -0.39 is 0 Å². The molecule has 2 heterocycles. The topological polar surface area (TPSA) is 56.6 Å². The molecular formula is C18H23N3O3. The molecule has 1 aromatic heterocycles. The number of methoxy groups -OCH3 is 1. The summed E-state index contributed by atoms with van der Waals surface area (Å²) in [6.45, 7) is 3.83. The predicted molar refractivity (Wildman–Crippen MR) is 89.7 cm³/mol.